The molecule has 0 bridgehead atoms. The highest BCUT2D eigenvalue weighted by molar-refractivity contribution is 5.75. The fraction of sp³-hybridized carbons (Fsp3) is 0.278. The van der Waals surface area contributed by atoms with Gasteiger partial charge in [0.2, 0.25) is 0 Å². The largest absolute Gasteiger partial charge is 0.497 e. The quantitative estimate of drug-likeness (QED) is 0.603. The van der Waals surface area contributed by atoms with Gasteiger partial charge >= 0.3 is 12.4 Å². The molecule has 0 spiro atoms. The van der Waals surface area contributed by atoms with Crippen LogP contribution in [0.2, 0.25) is 0 Å². The van der Waals surface area contributed by atoms with Crippen molar-refractivity contribution in [1.29, 1.82) is 0 Å². The summed E-state index contributed by atoms with van der Waals surface area (Å²) in [6.07, 6.45) is -8.99. The Morgan fingerprint density at radius 2 is 1.52 bits per heavy atom. The van der Waals surface area contributed by atoms with E-state index in [1.165, 1.54) is 5.56 Å². The van der Waals surface area contributed by atoms with Crippen molar-refractivity contribution < 1.29 is 35.9 Å². The number of hydrogen-bond acceptors (Lipinski definition) is 3. The molecule has 148 valence electrons. The molecule has 0 aliphatic rings. The fourth-order valence-electron chi connectivity index (χ4n) is 2.04. The third-order valence-electron chi connectivity index (χ3n) is 3.31. The van der Waals surface area contributed by atoms with Crippen molar-refractivity contribution in [2.45, 2.75) is 18.8 Å². The Labute approximate surface area is 151 Å². The van der Waals surface area contributed by atoms with Gasteiger partial charge in [0.1, 0.15) is 12.0 Å². The second kappa shape index (κ2) is 9.40. The highest BCUT2D eigenvalue weighted by Gasteiger charge is 2.36. The zero-order chi connectivity index (χ0) is 20.7. The number of nitrogens with two attached hydrogens (primary N) is 1. The van der Waals surface area contributed by atoms with E-state index in [4.69, 9.17) is 10.5 Å². The lowest BCUT2D eigenvalue weighted by Crippen LogP contribution is -2.11. The summed E-state index contributed by atoms with van der Waals surface area (Å²) >= 11 is 0. The highest BCUT2D eigenvalue weighted by Crippen LogP contribution is 2.35. The van der Waals surface area contributed by atoms with Crippen LogP contribution in [0.5, 0.6) is 5.75 Å². The van der Waals surface area contributed by atoms with Crippen LogP contribution in [-0.2, 0) is 18.8 Å². The van der Waals surface area contributed by atoms with Crippen LogP contribution in [-0.4, -0.2) is 19.9 Å². The van der Waals surface area contributed by atoms with Crippen LogP contribution in [0.25, 0.3) is 0 Å². The molecular formula is C18H17F6NO2. The lowest BCUT2D eigenvalue weighted by molar-refractivity contribution is -0.143. The molecule has 2 aromatic rings. The van der Waals surface area contributed by atoms with E-state index in [2.05, 4.69) is 6.07 Å². The third-order valence-corrected chi connectivity index (χ3v) is 3.31. The van der Waals surface area contributed by atoms with Gasteiger partial charge in [0.25, 0.3) is 0 Å². The van der Waals surface area contributed by atoms with Gasteiger partial charge < -0.3 is 10.5 Å². The maximum absolute atomic E-state index is 12.2. The predicted molar refractivity (Wildman–Crippen MR) is 87.6 cm³/mol. The minimum absolute atomic E-state index is 0.0347. The van der Waals surface area contributed by atoms with Gasteiger partial charge in [-0.3, -0.25) is 4.79 Å². The van der Waals surface area contributed by atoms with Gasteiger partial charge in [-0.15, -0.1) is 0 Å². The molecule has 0 amide bonds. The van der Waals surface area contributed by atoms with Crippen molar-refractivity contribution in [3.8, 4) is 5.75 Å². The number of ether oxygens (including phenoxy) is 1. The zero-order valence-corrected chi connectivity index (χ0v) is 14.2. The molecule has 0 aromatic heterocycles. The number of aldehydes is 1. The lowest BCUT2D eigenvalue weighted by atomic mass is 10.1. The molecule has 0 saturated carbocycles. The molecule has 0 saturated heterocycles. The summed E-state index contributed by atoms with van der Waals surface area (Å²) in [5, 5.41) is 0. The molecule has 0 aliphatic carbocycles. The van der Waals surface area contributed by atoms with Gasteiger partial charge in [-0.05, 0) is 48.9 Å². The lowest BCUT2D eigenvalue weighted by Gasteiger charge is -2.12. The summed E-state index contributed by atoms with van der Waals surface area (Å²) in [6.45, 7) is 0.688. The zero-order valence-electron chi connectivity index (χ0n) is 14.2. The van der Waals surface area contributed by atoms with E-state index in [1.54, 1.807) is 7.11 Å². The van der Waals surface area contributed by atoms with Crippen molar-refractivity contribution in [2.75, 3.05) is 13.7 Å². The van der Waals surface area contributed by atoms with Gasteiger partial charge in [0.15, 0.2) is 0 Å². The van der Waals surface area contributed by atoms with E-state index in [9.17, 15) is 31.1 Å². The predicted octanol–water partition coefficient (Wildman–Crippen LogP) is 4.73. The van der Waals surface area contributed by atoms with E-state index in [0.29, 0.717) is 18.7 Å². The number of benzene rings is 2. The van der Waals surface area contributed by atoms with Gasteiger partial charge in [-0.2, -0.15) is 26.3 Å². The topological polar surface area (TPSA) is 52.3 Å². The first-order valence-corrected chi connectivity index (χ1v) is 7.59. The molecule has 0 atom stereocenters. The Kier molecular flexibility index (Phi) is 7.83. The van der Waals surface area contributed by atoms with Crippen molar-refractivity contribution in [1.82, 2.24) is 0 Å². The SMILES string of the molecule is COc1cccc(CCN)c1.O=Cc1cc(C(F)(F)F)cc(C(F)(F)F)c1. The van der Waals surface area contributed by atoms with Crippen molar-refractivity contribution >= 4 is 6.29 Å². The monoisotopic (exact) mass is 393 g/mol. The second-order valence-electron chi connectivity index (χ2n) is 5.35. The number of carbonyl (C=O) groups excluding carboxylic acids is 1. The first-order chi connectivity index (χ1) is 12.5. The molecular weight excluding hydrogens is 376 g/mol. The molecule has 2 aromatic carbocycles. The molecule has 0 unspecified atom stereocenters. The molecule has 2 rings (SSSR count). The minimum atomic E-state index is -4.92. The Morgan fingerprint density at radius 1 is 0.963 bits per heavy atom. The van der Waals surface area contributed by atoms with Gasteiger partial charge in [0, 0.05) is 5.56 Å². The van der Waals surface area contributed by atoms with Crippen LogP contribution in [0.3, 0.4) is 0 Å². The van der Waals surface area contributed by atoms with Gasteiger partial charge in [0.05, 0.1) is 18.2 Å². The first kappa shape index (κ1) is 22.5. The molecule has 0 heterocycles. The van der Waals surface area contributed by atoms with Crippen LogP contribution < -0.4 is 10.5 Å². The number of halogens is 6. The minimum Gasteiger partial charge on any atom is -0.497 e. The summed E-state index contributed by atoms with van der Waals surface area (Å²) in [5.74, 6) is 0.899. The Bertz CT molecular complexity index is 724. The fourth-order valence-corrected chi connectivity index (χ4v) is 2.04. The number of hydrogen-bond donors (Lipinski definition) is 1. The number of carbonyl (C=O) groups is 1. The Hall–Kier alpha value is -2.55. The van der Waals surface area contributed by atoms with Crippen LogP contribution >= 0.6 is 0 Å². The first-order valence-electron chi connectivity index (χ1n) is 7.59. The van der Waals surface area contributed by atoms with Gasteiger partial charge in [-0.25, -0.2) is 0 Å². The third kappa shape index (κ3) is 7.30. The molecule has 0 aliphatic heterocycles. The molecule has 0 fully saturated rings. The molecule has 27 heavy (non-hydrogen) atoms. The van der Waals surface area contributed by atoms with Crippen LogP contribution in [0.1, 0.15) is 27.0 Å². The van der Waals surface area contributed by atoms with Crippen molar-refractivity contribution in [3.63, 3.8) is 0 Å². The summed E-state index contributed by atoms with van der Waals surface area (Å²) in [7, 11) is 1.67. The number of alkyl halides is 6. The smallest absolute Gasteiger partial charge is 0.416 e. The normalized spacial score (nSPS) is 11.4. The van der Waals surface area contributed by atoms with Crippen LogP contribution in [0, 0.1) is 0 Å². The number of rotatable bonds is 4. The van der Waals surface area contributed by atoms with E-state index in [0.717, 1.165) is 12.2 Å². The molecule has 2 N–H and O–H groups in total. The van der Waals surface area contributed by atoms with Crippen molar-refractivity contribution in [3.05, 3.63) is 64.7 Å². The Balaban J connectivity index is 0.000000289. The van der Waals surface area contributed by atoms with Crippen LogP contribution in [0.4, 0.5) is 26.3 Å². The second-order valence-corrected chi connectivity index (χ2v) is 5.35. The Morgan fingerprint density at radius 3 is 1.93 bits per heavy atom. The molecule has 0 radical (unpaired) electrons. The standard InChI is InChI=1S/C9H4F6O.C9H13NO/c10-8(11,12)6-1-5(4-16)2-7(3-6)9(13,14)15;1-11-9-4-2-3-8(7-9)5-6-10/h1-4H;2-4,7H,5-6,10H2,1H3. The average Bonchev–Trinajstić information content (AvgIpc) is 2.61. The average molecular weight is 393 g/mol. The van der Waals surface area contributed by atoms with Crippen LogP contribution in [0.15, 0.2) is 42.5 Å². The molecule has 9 heteroatoms. The summed E-state index contributed by atoms with van der Waals surface area (Å²) in [4.78, 5) is 10.2. The molecule has 3 nitrogen and oxygen atoms in total. The summed E-state index contributed by atoms with van der Waals surface area (Å²) < 4.78 is 78.2. The van der Waals surface area contributed by atoms with Crippen molar-refractivity contribution in [2.24, 2.45) is 5.73 Å². The maximum atomic E-state index is 12.2. The van der Waals surface area contributed by atoms with E-state index in [1.807, 2.05) is 18.2 Å². The van der Waals surface area contributed by atoms with E-state index < -0.39 is 29.0 Å². The van der Waals surface area contributed by atoms with E-state index >= 15 is 0 Å². The summed E-state index contributed by atoms with van der Waals surface area (Å²) in [6, 6.07) is 8.66. The summed E-state index contributed by atoms with van der Waals surface area (Å²) in [5.41, 5.74) is 2.98. The maximum Gasteiger partial charge on any atom is 0.416 e. The van der Waals surface area contributed by atoms with E-state index in [-0.39, 0.29) is 12.4 Å². The number of methoxy groups -OCH3 is 1. The van der Waals surface area contributed by atoms with Gasteiger partial charge in [-0.1, -0.05) is 12.1 Å². The highest BCUT2D eigenvalue weighted by atomic mass is 19.4.